The second kappa shape index (κ2) is 10.4. The molecule has 11 aromatic rings. The van der Waals surface area contributed by atoms with Crippen molar-refractivity contribution < 1.29 is 0 Å². The van der Waals surface area contributed by atoms with Crippen molar-refractivity contribution in [3.05, 3.63) is 168 Å². The molecular weight excluding hydrogens is 613 g/mol. The van der Waals surface area contributed by atoms with Gasteiger partial charge in [0.2, 0.25) is 0 Å². The van der Waals surface area contributed by atoms with Gasteiger partial charge >= 0.3 is 0 Å². The summed E-state index contributed by atoms with van der Waals surface area (Å²) in [6.07, 6.45) is 0. The van der Waals surface area contributed by atoms with Crippen LogP contribution in [0.3, 0.4) is 0 Å². The van der Waals surface area contributed by atoms with Gasteiger partial charge in [-0.2, -0.15) is 0 Å². The maximum Gasteiger partial charge on any atom is -0.000719 e. The van der Waals surface area contributed by atoms with Crippen LogP contribution in [0.1, 0.15) is 16.7 Å². The Bertz CT molecular complexity index is 3160. The first-order valence-corrected chi connectivity index (χ1v) is 18.0. The lowest BCUT2D eigenvalue weighted by Crippen LogP contribution is -1.91. The van der Waals surface area contributed by atoms with E-state index < -0.39 is 0 Å². The third-order valence-corrected chi connectivity index (χ3v) is 11.6. The number of aryl methyl sites for hydroxylation is 3. The molecule has 0 atom stereocenters. The van der Waals surface area contributed by atoms with E-state index in [4.69, 9.17) is 0 Å². The Hall–Kier alpha value is -6.24. The molecule has 0 saturated heterocycles. The first kappa shape index (κ1) is 28.6. The van der Waals surface area contributed by atoms with E-state index in [9.17, 15) is 0 Å². The van der Waals surface area contributed by atoms with Crippen LogP contribution in [0.4, 0.5) is 0 Å². The molecule has 0 aromatic heterocycles. The summed E-state index contributed by atoms with van der Waals surface area (Å²) in [7, 11) is 0. The summed E-state index contributed by atoms with van der Waals surface area (Å²) >= 11 is 0. The lowest BCUT2D eigenvalue weighted by Gasteiger charge is -2.19. The largest absolute Gasteiger partial charge is 0.0622 e. The molecule has 11 aromatic carbocycles. The molecule has 11 rings (SSSR count). The molecule has 238 valence electrons. The molecule has 0 heteroatoms. The number of hydrogen-bond acceptors (Lipinski definition) is 0. The van der Waals surface area contributed by atoms with Crippen molar-refractivity contribution >= 4 is 75.4 Å². The molecule has 0 unspecified atom stereocenters. The smallest absolute Gasteiger partial charge is 0.000719 e. The number of hydrogen-bond donors (Lipinski definition) is 0. The monoisotopic (exact) mass is 646 g/mol. The van der Waals surface area contributed by atoms with Crippen LogP contribution in [-0.4, -0.2) is 0 Å². The van der Waals surface area contributed by atoms with Crippen molar-refractivity contribution in [2.45, 2.75) is 20.8 Å². The van der Waals surface area contributed by atoms with Gasteiger partial charge in [0.05, 0.1) is 0 Å². The maximum atomic E-state index is 2.52. The maximum absolute atomic E-state index is 2.52. The standard InChI is InChI=1S/C51H34/c1-29-26-30(2)44(31(3)27-29)38-24-25-41-47-37(38)21-13-23-40(47)50-45(32-14-6-4-7-15-32)43-28-42-35-19-11-10-18-34(35)36-20-12-22-39(48(36)42)49(43)46(51(41)50)33-16-8-5-9-17-33/h4-28H,1-3H3. The summed E-state index contributed by atoms with van der Waals surface area (Å²) < 4.78 is 0. The molecule has 0 saturated carbocycles. The van der Waals surface area contributed by atoms with Crippen LogP contribution in [0.5, 0.6) is 0 Å². The van der Waals surface area contributed by atoms with E-state index in [1.165, 1.54) is 125 Å². The van der Waals surface area contributed by atoms with E-state index >= 15 is 0 Å². The zero-order chi connectivity index (χ0) is 34.0. The summed E-state index contributed by atoms with van der Waals surface area (Å²) in [5, 5.41) is 18.7. The summed E-state index contributed by atoms with van der Waals surface area (Å²) in [5.41, 5.74) is 11.8. The summed E-state index contributed by atoms with van der Waals surface area (Å²) in [6.45, 7) is 6.73. The molecule has 0 nitrogen and oxygen atoms in total. The molecule has 0 heterocycles. The Morgan fingerprint density at radius 3 is 1.45 bits per heavy atom. The van der Waals surface area contributed by atoms with Crippen molar-refractivity contribution in [1.29, 1.82) is 0 Å². The van der Waals surface area contributed by atoms with E-state index in [2.05, 4.69) is 172 Å². The van der Waals surface area contributed by atoms with Crippen LogP contribution in [0.15, 0.2) is 152 Å². The van der Waals surface area contributed by atoms with Gasteiger partial charge in [-0.15, -0.1) is 0 Å². The van der Waals surface area contributed by atoms with Crippen molar-refractivity contribution in [2.24, 2.45) is 0 Å². The Labute approximate surface area is 296 Å². The second-order valence-corrected chi connectivity index (χ2v) is 14.5. The predicted octanol–water partition coefficient (Wildman–Crippen LogP) is 14.6. The molecule has 51 heavy (non-hydrogen) atoms. The fraction of sp³-hybridized carbons (Fsp3) is 0.0588. The first-order chi connectivity index (χ1) is 25.1. The van der Waals surface area contributed by atoms with Gasteiger partial charge < -0.3 is 0 Å². The highest BCUT2D eigenvalue weighted by Gasteiger charge is 2.27. The van der Waals surface area contributed by atoms with Crippen LogP contribution >= 0.6 is 0 Å². The van der Waals surface area contributed by atoms with Gasteiger partial charge in [0.25, 0.3) is 0 Å². The Morgan fingerprint density at radius 1 is 0.275 bits per heavy atom. The minimum absolute atomic E-state index is 1.25. The van der Waals surface area contributed by atoms with Crippen molar-refractivity contribution in [1.82, 2.24) is 0 Å². The number of fused-ring (bicyclic) bond motifs is 8. The lowest BCUT2D eigenvalue weighted by atomic mass is 9.84. The summed E-state index contributed by atoms with van der Waals surface area (Å²) in [4.78, 5) is 0. The van der Waals surface area contributed by atoms with Gasteiger partial charge in [0.15, 0.2) is 0 Å². The Balaban J connectivity index is 1.45. The van der Waals surface area contributed by atoms with E-state index in [-0.39, 0.29) is 0 Å². The number of rotatable bonds is 3. The molecule has 0 bridgehead atoms. The summed E-state index contributed by atoms with van der Waals surface area (Å²) in [6, 6.07) is 57.2. The van der Waals surface area contributed by atoms with Gasteiger partial charge in [-0.25, -0.2) is 0 Å². The fourth-order valence-corrected chi connectivity index (χ4v) is 9.83. The average molecular weight is 647 g/mol. The molecule has 0 aliphatic heterocycles. The molecule has 0 N–H and O–H groups in total. The molecule has 0 radical (unpaired) electrons. The van der Waals surface area contributed by atoms with Gasteiger partial charge in [-0.3, -0.25) is 0 Å². The average Bonchev–Trinajstić information content (AvgIpc) is 3.66. The van der Waals surface area contributed by atoms with Crippen molar-refractivity contribution in [3.8, 4) is 33.4 Å². The molecule has 0 fully saturated rings. The molecule has 0 aliphatic rings. The van der Waals surface area contributed by atoms with Crippen molar-refractivity contribution in [2.75, 3.05) is 0 Å². The van der Waals surface area contributed by atoms with Crippen molar-refractivity contribution in [3.63, 3.8) is 0 Å². The van der Waals surface area contributed by atoms with Gasteiger partial charge in [-0.05, 0) is 147 Å². The number of benzene rings is 9. The van der Waals surface area contributed by atoms with Gasteiger partial charge in [-0.1, -0.05) is 151 Å². The highest BCUT2D eigenvalue weighted by Crippen LogP contribution is 2.55. The quantitative estimate of drug-likeness (QED) is 0.168. The van der Waals surface area contributed by atoms with Crippen LogP contribution in [0.2, 0.25) is 0 Å². The van der Waals surface area contributed by atoms with E-state index in [0.717, 1.165) is 0 Å². The summed E-state index contributed by atoms with van der Waals surface area (Å²) in [5.74, 6) is 0. The van der Waals surface area contributed by atoms with Gasteiger partial charge in [0, 0.05) is 0 Å². The minimum atomic E-state index is 1.25. The predicted molar refractivity (Wildman–Crippen MR) is 222 cm³/mol. The zero-order valence-electron chi connectivity index (χ0n) is 28.9. The lowest BCUT2D eigenvalue weighted by molar-refractivity contribution is 1.32. The zero-order valence-corrected chi connectivity index (χ0v) is 28.9. The fourth-order valence-electron chi connectivity index (χ4n) is 9.83. The highest BCUT2D eigenvalue weighted by atomic mass is 14.3. The highest BCUT2D eigenvalue weighted by molar-refractivity contribution is 6.45. The molecular formula is C51H34. The van der Waals surface area contributed by atoms with E-state index in [0.29, 0.717) is 0 Å². The van der Waals surface area contributed by atoms with Crippen LogP contribution in [-0.2, 0) is 0 Å². The molecule has 0 spiro atoms. The third kappa shape index (κ3) is 3.80. The van der Waals surface area contributed by atoms with E-state index in [1.807, 2.05) is 0 Å². The topological polar surface area (TPSA) is 0 Å². The Kier molecular flexibility index (Phi) is 5.82. The normalized spacial score (nSPS) is 12.2. The first-order valence-electron chi connectivity index (χ1n) is 18.0. The molecule has 0 aliphatic carbocycles. The minimum Gasteiger partial charge on any atom is -0.0622 e. The van der Waals surface area contributed by atoms with Crippen LogP contribution < -0.4 is 0 Å². The third-order valence-electron chi connectivity index (χ3n) is 11.6. The van der Waals surface area contributed by atoms with Crippen LogP contribution in [0, 0.1) is 20.8 Å². The van der Waals surface area contributed by atoms with Gasteiger partial charge in [0.1, 0.15) is 0 Å². The van der Waals surface area contributed by atoms with E-state index in [1.54, 1.807) is 0 Å². The van der Waals surface area contributed by atoms with Crippen LogP contribution in [0.25, 0.3) is 109 Å². The Morgan fingerprint density at radius 2 is 0.765 bits per heavy atom. The second-order valence-electron chi connectivity index (χ2n) is 14.5. The molecule has 0 amide bonds. The SMILES string of the molecule is Cc1cc(C)c(-c2ccc3c4c(-c5ccccc5)c5c(cc6c7ccccc7c7cccc5c76)c(-c5ccccc5)c4c4cccc2c43)c(C)c1.